The third-order valence-corrected chi connectivity index (χ3v) is 6.54. The molecular weight excluding hydrogens is 449 g/mol. The van der Waals surface area contributed by atoms with Crippen LogP contribution in [0.15, 0.2) is 38.5 Å². The van der Waals surface area contributed by atoms with Gasteiger partial charge in [0.25, 0.3) is 10.0 Å². The normalized spacial score (nSPS) is 13.5. The van der Waals surface area contributed by atoms with Gasteiger partial charge in [0.05, 0.1) is 5.02 Å². The van der Waals surface area contributed by atoms with E-state index in [0.29, 0.717) is 5.56 Å². The molecule has 3 aromatic rings. The smallest absolute Gasteiger partial charge is 0.391 e. The molecule has 0 saturated carbocycles. The number of hydrogen-bond acceptors (Lipinski definition) is 7. The Morgan fingerprint density at radius 2 is 2.00 bits per heavy atom. The van der Waals surface area contributed by atoms with Crippen molar-refractivity contribution in [1.82, 2.24) is 19.9 Å². The second kappa shape index (κ2) is 8.58. The van der Waals surface area contributed by atoms with E-state index in [2.05, 4.69) is 19.9 Å². The summed E-state index contributed by atoms with van der Waals surface area (Å²) in [5.74, 6) is -2.56. The Morgan fingerprint density at radius 1 is 1.29 bits per heavy atom. The largest absolute Gasteiger partial charge is 0.434 e. The average Bonchev–Trinajstić information content (AvgIpc) is 3.15. The fraction of sp³-hybridized carbons (Fsp3) is 0.263. The molecule has 2 atom stereocenters. The maximum atomic E-state index is 14.7. The maximum Gasteiger partial charge on any atom is 0.434 e. The maximum absolute atomic E-state index is 14.7. The summed E-state index contributed by atoms with van der Waals surface area (Å²) in [5.41, 5.74) is 1.37. The molecule has 0 aliphatic rings. The van der Waals surface area contributed by atoms with E-state index >= 15 is 0 Å². The van der Waals surface area contributed by atoms with Crippen molar-refractivity contribution in [1.29, 1.82) is 5.26 Å². The first-order valence-electron chi connectivity index (χ1n) is 8.95. The lowest BCUT2D eigenvalue weighted by atomic mass is 9.88. The number of H-pyrrole nitrogens is 1. The summed E-state index contributed by atoms with van der Waals surface area (Å²) in [6, 6.07) is 5.67. The molecule has 0 bridgehead atoms. The minimum atomic E-state index is -4.35. The highest BCUT2D eigenvalue weighted by molar-refractivity contribution is 7.89. The lowest BCUT2D eigenvalue weighted by Crippen LogP contribution is -2.33. The van der Waals surface area contributed by atoms with Gasteiger partial charge >= 0.3 is 5.76 Å². The van der Waals surface area contributed by atoms with E-state index in [-0.39, 0.29) is 22.2 Å². The number of sulfonamides is 1. The molecule has 0 spiro atoms. The van der Waals surface area contributed by atoms with Crippen LogP contribution in [-0.4, -0.2) is 23.6 Å². The minimum Gasteiger partial charge on any atom is -0.391 e. The SMILES string of the molecule is Cc1ccc(F)c(C(C)C(NS(=O)(=O)c2ccc(Cl)c(C#N)n2)c2n[nH]c(=O)o2)c1C. The van der Waals surface area contributed by atoms with Crippen molar-refractivity contribution >= 4 is 21.6 Å². The zero-order valence-electron chi connectivity index (χ0n) is 16.6. The van der Waals surface area contributed by atoms with Crippen LogP contribution >= 0.6 is 11.6 Å². The first-order chi connectivity index (χ1) is 14.5. The Labute approximate surface area is 181 Å². The van der Waals surface area contributed by atoms with Crippen molar-refractivity contribution in [3.05, 3.63) is 73.9 Å². The predicted molar refractivity (Wildman–Crippen MR) is 108 cm³/mol. The number of halogens is 2. The van der Waals surface area contributed by atoms with Gasteiger partial charge in [-0.25, -0.2) is 27.7 Å². The van der Waals surface area contributed by atoms with Crippen LogP contribution in [0.3, 0.4) is 0 Å². The number of nitriles is 1. The summed E-state index contributed by atoms with van der Waals surface area (Å²) in [6.07, 6.45) is 0. The number of nitrogens with zero attached hydrogens (tertiary/aromatic N) is 3. The second-order valence-corrected chi connectivity index (χ2v) is 8.90. The molecule has 31 heavy (non-hydrogen) atoms. The fourth-order valence-corrected chi connectivity index (χ4v) is 4.52. The molecule has 2 aromatic heterocycles. The van der Waals surface area contributed by atoms with Crippen LogP contribution < -0.4 is 10.5 Å². The minimum absolute atomic E-state index is 0.0119. The summed E-state index contributed by atoms with van der Waals surface area (Å²) < 4.78 is 48.0. The van der Waals surface area contributed by atoms with Gasteiger partial charge in [-0.3, -0.25) is 0 Å². The molecule has 2 unspecified atom stereocenters. The molecule has 0 aliphatic heterocycles. The summed E-state index contributed by atoms with van der Waals surface area (Å²) in [4.78, 5) is 15.3. The Bertz CT molecular complexity index is 1350. The first-order valence-corrected chi connectivity index (χ1v) is 10.8. The van der Waals surface area contributed by atoms with Gasteiger partial charge in [0.15, 0.2) is 10.7 Å². The number of rotatable bonds is 6. The topological polar surface area (TPSA) is 142 Å². The zero-order valence-corrected chi connectivity index (χ0v) is 18.2. The summed E-state index contributed by atoms with van der Waals surface area (Å²) in [7, 11) is -4.35. The van der Waals surface area contributed by atoms with Crippen LogP contribution in [0, 0.1) is 31.0 Å². The molecule has 12 heteroatoms. The molecule has 1 aromatic carbocycles. The molecular formula is C19H17ClFN5O4S. The van der Waals surface area contributed by atoms with E-state index in [4.69, 9.17) is 21.3 Å². The Kier molecular flexibility index (Phi) is 6.26. The predicted octanol–water partition coefficient (Wildman–Crippen LogP) is 2.86. The van der Waals surface area contributed by atoms with E-state index in [1.165, 1.54) is 12.1 Å². The van der Waals surface area contributed by atoms with Crippen LogP contribution in [-0.2, 0) is 10.0 Å². The van der Waals surface area contributed by atoms with Crippen molar-refractivity contribution in [3.8, 4) is 6.07 Å². The van der Waals surface area contributed by atoms with Crippen LogP contribution in [0.1, 0.15) is 47.2 Å². The van der Waals surface area contributed by atoms with E-state index in [9.17, 15) is 17.6 Å². The second-order valence-electron chi connectivity index (χ2n) is 6.83. The zero-order chi connectivity index (χ0) is 22.9. The number of pyridine rings is 1. The number of aromatic nitrogens is 3. The standard InChI is InChI=1S/C19H17ClFN5O4S/c1-9-4-6-13(21)16(10(9)2)11(3)17(18-24-25-19(27)30-18)26-31(28,29)15-7-5-12(20)14(8-22)23-15/h4-7,11,17,26H,1-3H3,(H,25,27). The number of benzene rings is 1. The van der Waals surface area contributed by atoms with Crippen LogP contribution in [0.2, 0.25) is 5.02 Å². The fourth-order valence-electron chi connectivity index (χ4n) is 3.15. The van der Waals surface area contributed by atoms with Gasteiger partial charge in [-0.2, -0.15) is 9.98 Å². The molecule has 0 amide bonds. The van der Waals surface area contributed by atoms with Gasteiger partial charge in [0, 0.05) is 5.92 Å². The van der Waals surface area contributed by atoms with Crippen LogP contribution in [0.5, 0.6) is 0 Å². The number of aromatic amines is 1. The highest BCUT2D eigenvalue weighted by atomic mass is 35.5. The highest BCUT2D eigenvalue weighted by Crippen LogP contribution is 2.35. The van der Waals surface area contributed by atoms with E-state index < -0.39 is 38.6 Å². The molecule has 2 N–H and O–H groups in total. The number of hydrogen-bond donors (Lipinski definition) is 2. The molecule has 0 radical (unpaired) electrons. The van der Waals surface area contributed by atoms with Gasteiger partial charge in [-0.1, -0.05) is 24.6 Å². The lowest BCUT2D eigenvalue weighted by Gasteiger charge is -2.24. The van der Waals surface area contributed by atoms with Gasteiger partial charge < -0.3 is 4.42 Å². The summed E-state index contributed by atoms with van der Waals surface area (Å²) >= 11 is 5.83. The van der Waals surface area contributed by atoms with Crippen molar-refractivity contribution in [2.45, 2.75) is 37.8 Å². The molecule has 2 heterocycles. The van der Waals surface area contributed by atoms with Gasteiger partial charge in [-0.15, -0.1) is 5.10 Å². The summed E-state index contributed by atoms with van der Waals surface area (Å²) in [5, 5.41) is 14.4. The Morgan fingerprint density at radius 3 is 2.61 bits per heavy atom. The lowest BCUT2D eigenvalue weighted by molar-refractivity contribution is 0.376. The van der Waals surface area contributed by atoms with Crippen molar-refractivity contribution in [2.75, 3.05) is 0 Å². The monoisotopic (exact) mass is 465 g/mol. The quantitative estimate of drug-likeness (QED) is 0.569. The molecule has 0 fully saturated rings. The molecule has 0 aliphatic carbocycles. The van der Waals surface area contributed by atoms with Gasteiger partial charge in [-0.05, 0) is 48.7 Å². The third kappa shape index (κ3) is 4.51. The van der Waals surface area contributed by atoms with Crippen LogP contribution in [0.4, 0.5) is 4.39 Å². The highest BCUT2D eigenvalue weighted by Gasteiger charge is 2.34. The first kappa shape index (κ1) is 22.6. The molecule has 9 nitrogen and oxygen atoms in total. The van der Waals surface area contributed by atoms with E-state index in [0.717, 1.165) is 11.6 Å². The van der Waals surface area contributed by atoms with E-state index in [1.807, 2.05) is 0 Å². The van der Waals surface area contributed by atoms with Gasteiger partial charge in [0.2, 0.25) is 5.89 Å². The van der Waals surface area contributed by atoms with E-state index in [1.54, 1.807) is 32.9 Å². The molecule has 0 saturated heterocycles. The van der Waals surface area contributed by atoms with Gasteiger partial charge in [0.1, 0.15) is 17.9 Å². The van der Waals surface area contributed by atoms with Crippen molar-refractivity contribution < 1.29 is 17.2 Å². The Balaban J connectivity index is 2.10. The number of nitrogens with one attached hydrogen (secondary N) is 2. The summed E-state index contributed by atoms with van der Waals surface area (Å²) in [6.45, 7) is 5.07. The Hall–Kier alpha value is -3.07. The molecule has 162 valence electrons. The van der Waals surface area contributed by atoms with Crippen molar-refractivity contribution in [3.63, 3.8) is 0 Å². The number of aryl methyl sites for hydroxylation is 1. The average molecular weight is 466 g/mol. The van der Waals surface area contributed by atoms with Crippen LogP contribution in [0.25, 0.3) is 0 Å². The van der Waals surface area contributed by atoms with Crippen molar-refractivity contribution in [2.24, 2.45) is 0 Å². The molecule has 3 rings (SSSR count). The third-order valence-electron chi connectivity index (χ3n) is 4.89.